The maximum Gasteiger partial charge on any atom is 0.224 e. The molecule has 0 bridgehead atoms. The molecule has 2 atom stereocenters. The van der Waals surface area contributed by atoms with Crippen LogP contribution in [0.4, 0.5) is 0 Å². The van der Waals surface area contributed by atoms with Crippen LogP contribution in [0.3, 0.4) is 0 Å². The standard InChI is InChI=1S/C9H19N3O/c1-7-5-11-6-8(7)9(13)12-4-2-3-10/h7-8,11H,2-6,10H2,1H3,(H,12,13). The zero-order valence-electron chi connectivity index (χ0n) is 8.18. The molecule has 4 heteroatoms. The third kappa shape index (κ3) is 2.97. The van der Waals surface area contributed by atoms with Crippen molar-refractivity contribution in [3.8, 4) is 0 Å². The molecule has 76 valence electrons. The molecule has 0 radical (unpaired) electrons. The molecular weight excluding hydrogens is 166 g/mol. The molecular formula is C9H19N3O. The maximum atomic E-state index is 11.5. The van der Waals surface area contributed by atoms with Gasteiger partial charge in [0.05, 0.1) is 5.92 Å². The lowest BCUT2D eigenvalue weighted by molar-refractivity contribution is -0.125. The van der Waals surface area contributed by atoms with Crippen molar-refractivity contribution in [3.63, 3.8) is 0 Å². The number of hydrogen-bond donors (Lipinski definition) is 3. The van der Waals surface area contributed by atoms with E-state index in [1.807, 2.05) is 0 Å². The van der Waals surface area contributed by atoms with E-state index in [0.29, 0.717) is 19.0 Å². The van der Waals surface area contributed by atoms with Crippen LogP contribution >= 0.6 is 0 Å². The molecule has 1 aliphatic heterocycles. The van der Waals surface area contributed by atoms with E-state index in [9.17, 15) is 4.79 Å². The van der Waals surface area contributed by atoms with Crippen LogP contribution in [0.25, 0.3) is 0 Å². The smallest absolute Gasteiger partial charge is 0.224 e. The normalized spacial score (nSPS) is 27.5. The quantitative estimate of drug-likeness (QED) is 0.508. The van der Waals surface area contributed by atoms with Gasteiger partial charge in [0, 0.05) is 13.1 Å². The largest absolute Gasteiger partial charge is 0.356 e. The van der Waals surface area contributed by atoms with Crippen LogP contribution in [0.5, 0.6) is 0 Å². The summed E-state index contributed by atoms with van der Waals surface area (Å²) in [5, 5.41) is 6.10. The number of carbonyl (C=O) groups is 1. The summed E-state index contributed by atoms with van der Waals surface area (Å²) < 4.78 is 0. The topological polar surface area (TPSA) is 67.2 Å². The number of rotatable bonds is 4. The minimum Gasteiger partial charge on any atom is -0.356 e. The summed E-state index contributed by atoms with van der Waals surface area (Å²) in [7, 11) is 0. The third-order valence-electron chi connectivity index (χ3n) is 2.53. The second-order valence-corrected chi connectivity index (χ2v) is 3.68. The van der Waals surface area contributed by atoms with Gasteiger partial charge in [-0.1, -0.05) is 6.92 Å². The van der Waals surface area contributed by atoms with Crippen molar-refractivity contribution in [2.45, 2.75) is 13.3 Å². The van der Waals surface area contributed by atoms with Gasteiger partial charge in [-0.15, -0.1) is 0 Å². The predicted molar refractivity (Wildman–Crippen MR) is 52.2 cm³/mol. The lowest BCUT2D eigenvalue weighted by atomic mass is 9.97. The van der Waals surface area contributed by atoms with Crippen LogP contribution in [0.2, 0.25) is 0 Å². The Kier molecular flexibility index (Phi) is 4.18. The highest BCUT2D eigenvalue weighted by Crippen LogP contribution is 2.15. The number of amides is 1. The van der Waals surface area contributed by atoms with Gasteiger partial charge in [-0.3, -0.25) is 4.79 Å². The van der Waals surface area contributed by atoms with Gasteiger partial charge in [-0.05, 0) is 25.4 Å². The van der Waals surface area contributed by atoms with E-state index in [0.717, 1.165) is 19.5 Å². The monoisotopic (exact) mass is 185 g/mol. The van der Waals surface area contributed by atoms with Gasteiger partial charge >= 0.3 is 0 Å². The van der Waals surface area contributed by atoms with E-state index in [2.05, 4.69) is 17.6 Å². The van der Waals surface area contributed by atoms with Gasteiger partial charge in [-0.2, -0.15) is 0 Å². The highest BCUT2D eigenvalue weighted by Gasteiger charge is 2.28. The Balaban J connectivity index is 2.22. The fourth-order valence-electron chi connectivity index (χ4n) is 1.61. The number of carbonyl (C=O) groups excluding carboxylic acids is 1. The van der Waals surface area contributed by atoms with Crippen molar-refractivity contribution in [2.75, 3.05) is 26.2 Å². The van der Waals surface area contributed by atoms with E-state index in [1.54, 1.807) is 0 Å². The molecule has 4 N–H and O–H groups in total. The van der Waals surface area contributed by atoms with E-state index in [4.69, 9.17) is 5.73 Å². The molecule has 1 heterocycles. The zero-order valence-corrected chi connectivity index (χ0v) is 8.18. The SMILES string of the molecule is CC1CNCC1C(=O)NCCCN. The Hall–Kier alpha value is -0.610. The zero-order chi connectivity index (χ0) is 9.68. The molecule has 0 aromatic carbocycles. The Bertz CT molecular complexity index is 172. The van der Waals surface area contributed by atoms with Crippen molar-refractivity contribution in [1.29, 1.82) is 0 Å². The van der Waals surface area contributed by atoms with Crippen molar-refractivity contribution in [2.24, 2.45) is 17.6 Å². The molecule has 0 aromatic heterocycles. The molecule has 0 saturated carbocycles. The molecule has 0 spiro atoms. The second-order valence-electron chi connectivity index (χ2n) is 3.68. The van der Waals surface area contributed by atoms with Gasteiger partial charge in [0.25, 0.3) is 0 Å². The summed E-state index contributed by atoms with van der Waals surface area (Å²) in [5.41, 5.74) is 5.33. The summed E-state index contributed by atoms with van der Waals surface area (Å²) in [6, 6.07) is 0. The third-order valence-corrected chi connectivity index (χ3v) is 2.53. The van der Waals surface area contributed by atoms with Crippen LogP contribution in [-0.4, -0.2) is 32.1 Å². The van der Waals surface area contributed by atoms with E-state index in [-0.39, 0.29) is 11.8 Å². The Morgan fingerprint density at radius 1 is 1.62 bits per heavy atom. The van der Waals surface area contributed by atoms with Crippen LogP contribution in [0, 0.1) is 11.8 Å². The summed E-state index contributed by atoms with van der Waals surface area (Å²) in [6.45, 7) is 5.22. The van der Waals surface area contributed by atoms with Crippen molar-refractivity contribution < 1.29 is 4.79 Å². The van der Waals surface area contributed by atoms with Crippen LogP contribution in [0.1, 0.15) is 13.3 Å². The van der Waals surface area contributed by atoms with Gasteiger partial charge in [0.15, 0.2) is 0 Å². The molecule has 13 heavy (non-hydrogen) atoms. The van der Waals surface area contributed by atoms with Gasteiger partial charge < -0.3 is 16.4 Å². The predicted octanol–water partition coefficient (Wildman–Crippen LogP) is -0.693. The Morgan fingerprint density at radius 3 is 2.92 bits per heavy atom. The highest BCUT2D eigenvalue weighted by molar-refractivity contribution is 5.79. The lowest BCUT2D eigenvalue weighted by Crippen LogP contribution is -2.35. The lowest BCUT2D eigenvalue weighted by Gasteiger charge is -2.13. The number of nitrogens with two attached hydrogens (primary N) is 1. The minimum atomic E-state index is 0.151. The fourth-order valence-corrected chi connectivity index (χ4v) is 1.61. The first kappa shape index (κ1) is 10.5. The molecule has 0 aliphatic carbocycles. The minimum absolute atomic E-state index is 0.151. The fraction of sp³-hybridized carbons (Fsp3) is 0.889. The van der Waals surface area contributed by atoms with Gasteiger partial charge in [0.1, 0.15) is 0 Å². The van der Waals surface area contributed by atoms with Crippen LogP contribution < -0.4 is 16.4 Å². The Morgan fingerprint density at radius 2 is 2.38 bits per heavy atom. The molecule has 2 unspecified atom stereocenters. The van der Waals surface area contributed by atoms with Gasteiger partial charge in [-0.25, -0.2) is 0 Å². The molecule has 1 fully saturated rings. The molecule has 1 aliphatic rings. The Labute approximate surface area is 79.3 Å². The molecule has 1 rings (SSSR count). The van der Waals surface area contributed by atoms with Gasteiger partial charge in [0.2, 0.25) is 5.91 Å². The average molecular weight is 185 g/mol. The second kappa shape index (κ2) is 5.19. The first-order valence-corrected chi connectivity index (χ1v) is 4.94. The summed E-state index contributed by atoms with van der Waals surface area (Å²) >= 11 is 0. The van der Waals surface area contributed by atoms with E-state index >= 15 is 0 Å². The maximum absolute atomic E-state index is 11.5. The number of hydrogen-bond acceptors (Lipinski definition) is 3. The van der Waals surface area contributed by atoms with E-state index in [1.165, 1.54) is 0 Å². The van der Waals surface area contributed by atoms with Crippen molar-refractivity contribution in [3.05, 3.63) is 0 Å². The first-order valence-electron chi connectivity index (χ1n) is 4.94. The van der Waals surface area contributed by atoms with Crippen molar-refractivity contribution >= 4 is 5.91 Å². The highest BCUT2D eigenvalue weighted by atomic mass is 16.1. The molecule has 4 nitrogen and oxygen atoms in total. The van der Waals surface area contributed by atoms with Crippen molar-refractivity contribution in [1.82, 2.24) is 10.6 Å². The first-order chi connectivity index (χ1) is 6.25. The summed E-state index contributed by atoms with van der Waals surface area (Å²) in [5.74, 6) is 0.779. The van der Waals surface area contributed by atoms with Crippen LogP contribution in [-0.2, 0) is 4.79 Å². The summed E-state index contributed by atoms with van der Waals surface area (Å²) in [4.78, 5) is 11.5. The van der Waals surface area contributed by atoms with E-state index < -0.39 is 0 Å². The molecule has 1 amide bonds. The molecule has 1 saturated heterocycles. The average Bonchev–Trinajstić information content (AvgIpc) is 2.52. The molecule has 0 aromatic rings. The van der Waals surface area contributed by atoms with Crippen LogP contribution in [0.15, 0.2) is 0 Å². The number of nitrogens with one attached hydrogen (secondary N) is 2. The summed E-state index contributed by atoms with van der Waals surface area (Å²) in [6.07, 6.45) is 0.861.